The van der Waals surface area contributed by atoms with Gasteiger partial charge in [0.1, 0.15) is 78.5 Å². The molecule has 6 heterocycles. The van der Waals surface area contributed by atoms with E-state index in [4.69, 9.17) is 56.8 Å². The summed E-state index contributed by atoms with van der Waals surface area (Å²) in [4.78, 5) is 53.5. The second kappa shape index (κ2) is 48.0. The number of nitrogens with one attached hydrogen (secondary N) is 4. The van der Waals surface area contributed by atoms with Gasteiger partial charge in [0.05, 0.1) is 159 Å². The van der Waals surface area contributed by atoms with E-state index in [1.807, 2.05) is 83.1 Å². The summed E-state index contributed by atoms with van der Waals surface area (Å²) in [5, 5.41) is 0. The summed E-state index contributed by atoms with van der Waals surface area (Å²) in [6, 6.07) is 0. The zero-order valence-electron chi connectivity index (χ0n) is 56.3. The van der Waals surface area contributed by atoms with E-state index in [2.05, 4.69) is 0 Å². The fourth-order valence-electron chi connectivity index (χ4n) is 9.49. The summed E-state index contributed by atoms with van der Waals surface area (Å²) < 4.78 is 68.7. The summed E-state index contributed by atoms with van der Waals surface area (Å²) in [6.07, 6.45) is 6.01. The van der Waals surface area contributed by atoms with Crippen LogP contribution in [0.1, 0.15) is 83.1 Å². The molecule has 6 fully saturated rings. The molecule has 2 aliphatic carbocycles. The number of quaternary nitrogens is 4. The first-order valence-corrected chi connectivity index (χ1v) is 31.3. The fourth-order valence-corrected chi connectivity index (χ4v) is 9.49. The van der Waals surface area contributed by atoms with Gasteiger partial charge in [0, 0.05) is 22.3 Å². The molecule has 6 saturated heterocycles. The van der Waals surface area contributed by atoms with Crippen LogP contribution in [0.5, 0.6) is 0 Å². The van der Waals surface area contributed by atoms with Crippen LogP contribution in [0.4, 0.5) is 0 Å². The van der Waals surface area contributed by atoms with Crippen LogP contribution in [-0.2, 0) is 76.0 Å². The summed E-state index contributed by atoms with van der Waals surface area (Å²) >= 11 is 0. The average molecular weight is 1280 g/mol. The number of carbonyl (C=O) groups excluding carboxylic acids is 4. The van der Waals surface area contributed by atoms with Gasteiger partial charge in [-0.15, -0.1) is 0 Å². The molecule has 6 aliphatic heterocycles. The molecule has 86 heavy (non-hydrogen) atoms. The average Bonchev–Trinajstić information content (AvgIpc) is 3.14. The molecule has 0 saturated carbocycles. The third-order valence-electron chi connectivity index (χ3n) is 14.8. The van der Waals surface area contributed by atoms with E-state index in [0.717, 1.165) is 158 Å². The van der Waals surface area contributed by atoms with E-state index >= 15 is 0 Å². The molecule has 0 unspecified atom stereocenters. The van der Waals surface area contributed by atoms with Crippen LogP contribution in [-0.4, -0.2) is 260 Å². The molecule has 484 valence electrons. The number of rotatable bonds is 0. The predicted octanol–water partition coefficient (Wildman–Crippen LogP) is -6.06. The molecule has 0 aromatic carbocycles. The second-order valence-electron chi connectivity index (χ2n) is 26.0. The number of hydrogen-bond donors (Lipinski definition) is 4. The Bertz CT molecular complexity index is 1640. The molecule has 22 heteroatoms. The van der Waals surface area contributed by atoms with Crippen molar-refractivity contribution in [3.05, 3.63) is 46.6 Å². The van der Waals surface area contributed by atoms with E-state index in [9.17, 15) is 19.2 Å². The van der Waals surface area contributed by atoms with Gasteiger partial charge >= 0.3 is 103 Å². The van der Waals surface area contributed by atoms with E-state index in [0.29, 0.717) is 102 Å². The molecule has 0 aromatic heterocycles. The summed E-state index contributed by atoms with van der Waals surface area (Å²) in [5.74, 6) is -0.122. The quantitative estimate of drug-likeness (QED) is 0.132. The maximum absolute atomic E-state index is 11.9. The van der Waals surface area contributed by atoms with Gasteiger partial charge in [0.2, 0.25) is 0 Å². The van der Waals surface area contributed by atoms with Gasteiger partial charge in [-0.25, -0.2) is 0 Å². The normalized spacial score (nSPS) is 25.3. The molecule has 0 radical (unpaired) electrons. The number of ether oxygens (including phenoxy) is 12. The molecular weight excluding hydrogens is 1160 g/mol. The number of carbonyl (C=O) groups is 4. The Labute approximate surface area is 603 Å². The van der Waals surface area contributed by atoms with Gasteiger partial charge in [-0.3, -0.25) is 19.2 Å². The number of fused-ring (bicyclic) bond motifs is 42. The molecule has 8 aliphatic rings. The first-order chi connectivity index (χ1) is 40.0. The SMILES string of the molecule is C1COCC[NH+]2CCOCCOCC[NH+](CCO1)CCOCCOCC2.C1COCC[NH+]2CCOCCOCC[NH+](CCO1)CCOCCOCC2.CC(C)(C)C1=CC(=O)C(C(C)(C)C)=CC1=O.CC(C)(C)C1=CC(=O)C(C(C)(C)C)=CC1=O.[K+].[K+]. The van der Waals surface area contributed by atoms with Crippen molar-refractivity contribution in [3.63, 3.8) is 0 Å². The number of allylic oxidation sites excluding steroid dienone is 8. The van der Waals surface area contributed by atoms with Crippen molar-refractivity contribution in [2.75, 3.05) is 237 Å². The third-order valence-corrected chi connectivity index (χ3v) is 14.8. The first-order valence-electron chi connectivity index (χ1n) is 31.3. The van der Waals surface area contributed by atoms with Crippen LogP contribution in [0.2, 0.25) is 0 Å². The van der Waals surface area contributed by atoms with Crippen LogP contribution in [0.15, 0.2) is 46.6 Å². The number of hydrogen-bond acceptors (Lipinski definition) is 16. The molecule has 0 atom stereocenters. The Balaban J connectivity index is 0.000000584. The smallest absolute Gasteiger partial charge is 0.373 e. The second-order valence-corrected chi connectivity index (χ2v) is 26.0. The molecular formula is C64H116K2N4O16+6. The van der Waals surface area contributed by atoms with Crippen molar-refractivity contribution in [1.82, 2.24) is 0 Å². The fraction of sp³-hybridized carbons (Fsp3) is 0.812. The molecule has 4 bridgehead atoms. The zero-order valence-corrected chi connectivity index (χ0v) is 62.5. The minimum Gasteiger partial charge on any atom is -0.373 e. The van der Waals surface area contributed by atoms with Crippen LogP contribution >= 0.6 is 0 Å². The zero-order chi connectivity index (χ0) is 61.7. The first kappa shape index (κ1) is 84.3. The standard InChI is InChI=1S/2C18H36N2O6.2C14H20O2.2K/c2*1-7-21-13-14-24-10-4-20-5-11-25-17-15-22-8-2-19(1)3-9-23-16-18-26-12-6-20;2*1-13(2,3)9-7-12(16)10(8-11(9)15)14(4,5)6;;/h2*1-18H2;2*7-8H,1-6H3;;/q;;;;2*+1/p+4. The van der Waals surface area contributed by atoms with Gasteiger partial charge in [-0.2, -0.15) is 0 Å². The monoisotopic (exact) mass is 1270 g/mol. The molecule has 4 N–H and O–H groups in total. The molecule has 20 nitrogen and oxygen atoms in total. The van der Waals surface area contributed by atoms with Gasteiger partial charge in [-0.05, 0) is 46.0 Å². The van der Waals surface area contributed by atoms with E-state index in [1.54, 1.807) is 0 Å². The van der Waals surface area contributed by atoms with E-state index in [1.165, 1.54) is 43.9 Å². The van der Waals surface area contributed by atoms with Crippen LogP contribution in [0, 0.1) is 21.7 Å². The van der Waals surface area contributed by atoms with Gasteiger partial charge in [-0.1, -0.05) is 83.1 Å². The molecule has 0 spiro atoms. The van der Waals surface area contributed by atoms with Crippen LogP contribution in [0.3, 0.4) is 0 Å². The third kappa shape index (κ3) is 39.1. The summed E-state index contributed by atoms with van der Waals surface area (Å²) in [6.45, 7) is 51.5. The van der Waals surface area contributed by atoms with E-state index < -0.39 is 0 Å². The minimum atomic E-state index is -0.271. The van der Waals surface area contributed by atoms with Crippen molar-refractivity contribution in [3.8, 4) is 0 Å². The van der Waals surface area contributed by atoms with Crippen molar-refractivity contribution in [1.29, 1.82) is 0 Å². The largest absolute Gasteiger partial charge is 1.00 e. The molecule has 8 rings (SSSR count). The van der Waals surface area contributed by atoms with Crippen molar-refractivity contribution >= 4 is 23.1 Å². The Morgan fingerprint density at radius 3 is 0.419 bits per heavy atom. The summed E-state index contributed by atoms with van der Waals surface area (Å²) in [5.41, 5.74) is 1.32. The van der Waals surface area contributed by atoms with Crippen molar-refractivity contribution in [2.24, 2.45) is 21.7 Å². The van der Waals surface area contributed by atoms with Crippen LogP contribution < -0.4 is 122 Å². The van der Waals surface area contributed by atoms with Crippen molar-refractivity contribution in [2.45, 2.75) is 83.1 Å². The Kier molecular flexibility index (Phi) is 47.1. The maximum atomic E-state index is 11.9. The van der Waals surface area contributed by atoms with Crippen LogP contribution in [0.25, 0.3) is 0 Å². The van der Waals surface area contributed by atoms with Gasteiger partial charge in [0.15, 0.2) is 23.1 Å². The van der Waals surface area contributed by atoms with Gasteiger partial charge < -0.3 is 76.4 Å². The molecule has 0 amide bonds. The Morgan fingerprint density at radius 2 is 0.326 bits per heavy atom. The number of ketones is 4. The maximum Gasteiger partial charge on any atom is 1.00 e. The topological polar surface area (TPSA) is 197 Å². The minimum absolute atomic E-state index is 0. The van der Waals surface area contributed by atoms with E-state index in [-0.39, 0.29) is 148 Å². The predicted molar refractivity (Wildman–Crippen MR) is 322 cm³/mol. The van der Waals surface area contributed by atoms with Crippen molar-refractivity contribution < 1.29 is 198 Å². The Hall–Kier alpha value is 0.273. The molecule has 0 aromatic rings. The summed E-state index contributed by atoms with van der Waals surface area (Å²) in [7, 11) is 0. The van der Waals surface area contributed by atoms with Gasteiger partial charge in [0.25, 0.3) is 0 Å². The Morgan fingerprint density at radius 1 is 0.221 bits per heavy atom.